The van der Waals surface area contributed by atoms with Crippen molar-refractivity contribution in [1.82, 2.24) is 0 Å². The van der Waals surface area contributed by atoms with Crippen molar-refractivity contribution in [2.45, 2.75) is 71.4 Å². The first-order valence-electron chi connectivity index (χ1n) is 17.1. The van der Waals surface area contributed by atoms with Crippen molar-refractivity contribution in [1.29, 1.82) is 0 Å². The summed E-state index contributed by atoms with van der Waals surface area (Å²) in [5.74, 6) is 2.13. The van der Waals surface area contributed by atoms with Crippen molar-refractivity contribution in [3.8, 4) is 11.5 Å². The minimum atomic E-state index is -3.96. The van der Waals surface area contributed by atoms with E-state index >= 15 is 0 Å². The first-order valence-corrected chi connectivity index (χ1v) is 20.3. The molecule has 276 valence electrons. The minimum Gasteiger partial charge on any atom is -0.494 e. The van der Waals surface area contributed by atoms with Crippen LogP contribution in [0, 0.1) is 20.8 Å². The lowest BCUT2D eigenvalue weighted by Crippen LogP contribution is -2.12. The molecule has 0 fully saturated rings. The summed E-state index contributed by atoms with van der Waals surface area (Å²) in [4.78, 5) is 9.82. The van der Waals surface area contributed by atoms with Gasteiger partial charge in [-0.05, 0) is 110 Å². The zero-order chi connectivity index (χ0) is 36.6. The molecule has 0 aromatic heterocycles. The molecule has 12 nitrogen and oxygen atoms in total. The van der Waals surface area contributed by atoms with E-state index in [1.54, 1.807) is 0 Å². The Labute approximate surface area is 300 Å². The van der Waals surface area contributed by atoms with Crippen LogP contribution >= 0.6 is 0 Å². The van der Waals surface area contributed by atoms with Crippen LogP contribution in [-0.4, -0.2) is 75.7 Å². The summed E-state index contributed by atoms with van der Waals surface area (Å²) in [5, 5.41) is 0. The molecule has 51 heavy (non-hydrogen) atoms. The first kappa shape index (κ1) is 38.3. The maximum Gasteiger partial charge on any atom is 0.264 e. The molecule has 5 rings (SSSR count). The van der Waals surface area contributed by atoms with Crippen LogP contribution in [0.5, 0.6) is 11.5 Å². The summed E-state index contributed by atoms with van der Waals surface area (Å²) < 4.78 is 85.2. The molecular formula is C37H46N2O10S2. The molecular weight excluding hydrogens is 697 g/mol. The Balaban J connectivity index is 1.19. The SMILES string of the molecule is Cc1cc(C)c(CC2=N[C@@H](c3cccc(OCCCCS(=O)(=O)O)c3)CO2)c(C)c1CC1=N[C@@H](c2cccc(OCCCCS(=O)(=O)O)c2)CO1. The average molecular weight is 743 g/mol. The summed E-state index contributed by atoms with van der Waals surface area (Å²) in [6, 6.07) is 17.2. The largest absolute Gasteiger partial charge is 0.494 e. The normalized spacial score (nSPS) is 17.4. The van der Waals surface area contributed by atoms with E-state index in [4.69, 9.17) is 38.0 Å². The number of unbranched alkanes of at least 4 members (excludes halogenated alkanes) is 2. The summed E-state index contributed by atoms with van der Waals surface area (Å²) in [7, 11) is -7.93. The molecule has 3 aromatic rings. The van der Waals surface area contributed by atoms with Crippen molar-refractivity contribution >= 4 is 32.0 Å². The third-order valence-electron chi connectivity index (χ3n) is 8.98. The van der Waals surface area contributed by atoms with Crippen LogP contribution in [0.4, 0.5) is 0 Å². The number of benzene rings is 3. The number of ether oxygens (including phenoxy) is 4. The Kier molecular flexibility index (Phi) is 12.8. The quantitative estimate of drug-likeness (QED) is 0.114. The molecule has 0 amide bonds. The highest BCUT2D eigenvalue weighted by Gasteiger charge is 2.25. The number of hydrogen-bond donors (Lipinski definition) is 2. The van der Waals surface area contributed by atoms with Crippen LogP contribution < -0.4 is 9.47 Å². The topological polar surface area (TPSA) is 170 Å². The molecule has 2 heterocycles. The minimum absolute atomic E-state index is 0.166. The molecule has 2 atom stereocenters. The fourth-order valence-electron chi connectivity index (χ4n) is 6.28. The predicted molar refractivity (Wildman–Crippen MR) is 195 cm³/mol. The highest BCUT2D eigenvalue weighted by Crippen LogP contribution is 2.31. The molecule has 0 saturated heterocycles. The van der Waals surface area contributed by atoms with Gasteiger partial charge in [0.1, 0.15) is 36.8 Å². The van der Waals surface area contributed by atoms with Crippen molar-refractivity contribution in [3.05, 3.63) is 93.5 Å². The number of nitrogens with zero attached hydrogens (tertiary/aromatic N) is 2. The van der Waals surface area contributed by atoms with Gasteiger partial charge in [0.05, 0.1) is 24.7 Å². The smallest absolute Gasteiger partial charge is 0.264 e. The van der Waals surface area contributed by atoms with Gasteiger partial charge in [-0.25, -0.2) is 9.98 Å². The van der Waals surface area contributed by atoms with E-state index < -0.39 is 20.2 Å². The monoisotopic (exact) mass is 742 g/mol. The molecule has 0 aliphatic carbocycles. The summed E-state index contributed by atoms with van der Waals surface area (Å²) in [6.07, 6.45) is 2.78. The second-order valence-electron chi connectivity index (χ2n) is 13.0. The molecule has 0 spiro atoms. The number of aryl methyl sites for hydroxylation is 2. The first-order chi connectivity index (χ1) is 24.2. The molecule has 0 bridgehead atoms. The van der Waals surface area contributed by atoms with Crippen LogP contribution in [-0.2, 0) is 42.6 Å². The fraction of sp³-hybridized carbons (Fsp3) is 0.459. The standard InChI is InChI=1S/C37H46N2O10S2/c1-25-18-26(2)33(22-37-39-35(24-49-37)29-11-9-13-31(20-29)47-15-5-7-17-51(43,44)45)27(3)32(25)21-36-38-34(23-48-36)28-10-8-12-30(19-28)46-14-4-6-16-50(40,41)42/h8-13,18-20,34-35H,4-7,14-17,21-24H2,1-3H3,(H,40,41,42)(H,43,44,45)/t34-,35-/m1/s1. The van der Waals surface area contributed by atoms with E-state index in [2.05, 4.69) is 26.8 Å². The van der Waals surface area contributed by atoms with E-state index in [0.29, 0.717) is 88.2 Å². The van der Waals surface area contributed by atoms with Crippen molar-refractivity contribution in [3.63, 3.8) is 0 Å². The predicted octanol–water partition coefficient (Wildman–Crippen LogP) is 6.13. The Morgan fingerprint density at radius 3 is 1.51 bits per heavy atom. The average Bonchev–Trinajstić information content (AvgIpc) is 3.74. The maximum absolute atomic E-state index is 10.9. The second kappa shape index (κ2) is 17.0. The van der Waals surface area contributed by atoms with Crippen LogP contribution in [0.1, 0.15) is 76.7 Å². The summed E-state index contributed by atoms with van der Waals surface area (Å²) in [6.45, 7) is 7.87. The maximum atomic E-state index is 10.9. The van der Waals surface area contributed by atoms with E-state index in [9.17, 15) is 16.8 Å². The molecule has 0 unspecified atom stereocenters. The van der Waals surface area contributed by atoms with Crippen LogP contribution in [0.2, 0.25) is 0 Å². The lowest BCUT2D eigenvalue weighted by molar-refractivity contribution is 0.304. The summed E-state index contributed by atoms with van der Waals surface area (Å²) in [5.41, 5.74) is 7.74. The van der Waals surface area contributed by atoms with Crippen molar-refractivity contribution < 1.29 is 44.9 Å². The lowest BCUT2D eigenvalue weighted by atomic mass is 9.90. The Morgan fingerprint density at radius 1 is 0.667 bits per heavy atom. The van der Waals surface area contributed by atoms with Crippen LogP contribution in [0.15, 0.2) is 64.6 Å². The third kappa shape index (κ3) is 11.5. The highest BCUT2D eigenvalue weighted by molar-refractivity contribution is 7.86. The van der Waals surface area contributed by atoms with E-state index in [1.165, 1.54) is 0 Å². The second-order valence-corrected chi connectivity index (χ2v) is 16.1. The van der Waals surface area contributed by atoms with E-state index in [0.717, 1.165) is 38.9 Å². The van der Waals surface area contributed by atoms with Gasteiger partial charge in [0.2, 0.25) is 0 Å². The molecule has 2 N–H and O–H groups in total. The van der Waals surface area contributed by atoms with Gasteiger partial charge in [-0.1, -0.05) is 30.3 Å². The van der Waals surface area contributed by atoms with Gasteiger partial charge in [0, 0.05) is 12.8 Å². The molecule has 3 aromatic carbocycles. The number of rotatable bonds is 18. The Morgan fingerprint density at radius 2 is 1.10 bits per heavy atom. The van der Waals surface area contributed by atoms with E-state index in [1.807, 2.05) is 48.5 Å². The van der Waals surface area contributed by atoms with Crippen LogP contribution in [0.3, 0.4) is 0 Å². The zero-order valence-corrected chi connectivity index (χ0v) is 30.8. The third-order valence-corrected chi connectivity index (χ3v) is 10.6. The zero-order valence-electron chi connectivity index (χ0n) is 29.2. The van der Waals surface area contributed by atoms with Gasteiger partial charge >= 0.3 is 0 Å². The van der Waals surface area contributed by atoms with Gasteiger partial charge in [0.15, 0.2) is 11.8 Å². The van der Waals surface area contributed by atoms with Gasteiger partial charge in [-0.3, -0.25) is 9.11 Å². The molecule has 0 radical (unpaired) electrons. The van der Waals surface area contributed by atoms with Gasteiger partial charge in [-0.15, -0.1) is 0 Å². The number of aliphatic imine (C=N–C) groups is 2. The molecule has 2 aliphatic heterocycles. The van der Waals surface area contributed by atoms with Gasteiger partial charge in [-0.2, -0.15) is 16.8 Å². The summed E-state index contributed by atoms with van der Waals surface area (Å²) >= 11 is 0. The number of hydrogen-bond acceptors (Lipinski definition) is 10. The lowest BCUT2D eigenvalue weighted by Gasteiger charge is -2.17. The highest BCUT2D eigenvalue weighted by atomic mass is 32.2. The van der Waals surface area contributed by atoms with Gasteiger partial charge < -0.3 is 18.9 Å². The fourth-order valence-corrected chi connectivity index (χ4v) is 7.42. The Hall–Kier alpha value is -3.98. The van der Waals surface area contributed by atoms with Crippen molar-refractivity contribution in [2.24, 2.45) is 9.98 Å². The molecule has 0 saturated carbocycles. The van der Waals surface area contributed by atoms with Gasteiger partial charge in [0.25, 0.3) is 20.2 Å². The molecule has 14 heteroatoms. The van der Waals surface area contributed by atoms with Crippen molar-refractivity contribution in [2.75, 3.05) is 37.9 Å². The van der Waals surface area contributed by atoms with Crippen LogP contribution in [0.25, 0.3) is 0 Å². The van der Waals surface area contributed by atoms with E-state index in [-0.39, 0.29) is 23.6 Å². The Bertz CT molecular complexity index is 1840. The molecule has 2 aliphatic rings.